The molecule has 0 amide bonds. The molecule has 0 aliphatic rings. The molecule has 0 saturated carbocycles. The molecule has 12 heavy (non-hydrogen) atoms. The number of nitrogens with one attached hydrogen (secondary N) is 1. The van der Waals surface area contributed by atoms with E-state index in [0.717, 1.165) is 11.4 Å². The summed E-state index contributed by atoms with van der Waals surface area (Å²) in [6, 6.07) is 7.63. The third kappa shape index (κ3) is 2.21. The lowest BCUT2D eigenvalue weighted by atomic mass is 10.3. The van der Waals surface area contributed by atoms with E-state index in [1.165, 1.54) is 0 Å². The summed E-state index contributed by atoms with van der Waals surface area (Å²) in [4.78, 5) is 0. The zero-order chi connectivity index (χ0) is 8.81. The van der Waals surface area contributed by atoms with Crippen molar-refractivity contribution in [2.24, 2.45) is 0 Å². The number of ether oxygens (including phenoxy) is 1. The molecule has 0 aliphatic carbocycles. The van der Waals surface area contributed by atoms with Crippen LogP contribution in [-0.4, -0.2) is 13.7 Å². The van der Waals surface area contributed by atoms with E-state index in [1.807, 2.05) is 31.3 Å². The second kappa shape index (κ2) is 4.30. The summed E-state index contributed by atoms with van der Waals surface area (Å²) in [5, 5.41) is 3.01. The van der Waals surface area contributed by atoms with Crippen LogP contribution in [0.3, 0.4) is 0 Å². The van der Waals surface area contributed by atoms with Gasteiger partial charge in [-0.25, -0.2) is 0 Å². The summed E-state index contributed by atoms with van der Waals surface area (Å²) in [6.45, 7) is 0.318. The van der Waals surface area contributed by atoms with Crippen molar-refractivity contribution in [3.8, 4) is 18.1 Å². The van der Waals surface area contributed by atoms with Crippen LogP contribution in [-0.2, 0) is 0 Å². The van der Waals surface area contributed by atoms with E-state index in [-0.39, 0.29) is 0 Å². The van der Waals surface area contributed by atoms with Crippen LogP contribution in [0.5, 0.6) is 5.75 Å². The summed E-state index contributed by atoms with van der Waals surface area (Å²) in [7, 11) is 1.87. The third-order valence-electron chi connectivity index (χ3n) is 1.47. The van der Waals surface area contributed by atoms with Gasteiger partial charge in [-0.3, -0.25) is 0 Å². The van der Waals surface area contributed by atoms with E-state index >= 15 is 0 Å². The summed E-state index contributed by atoms with van der Waals surface area (Å²) in [5.74, 6) is 3.21. The Bertz CT molecular complexity index is 271. The van der Waals surface area contributed by atoms with Crippen molar-refractivity contribution in [2.75, 3.05) is 19.0 Å². The van der Waals surface area contributed by atoms with Crippen LogP contribution in [0.4, 0.5) is 5.69 Å². The first-order chi connectivity index (χ1) is 5.86. The highest BCUT2D eigenvalue weighted by Gasteiger charge is 1.91. The fourth-order valence-electron chi connectivity index (χ4n) is 0.843. The van der Waals surface area contributed by atoms with Gasteiger partial charge in [-0.05, 0) is 24.3 Å². The highest BCUT2D eigenvalue weighted by molar-refractivity contribution is 5.45. The van der Waals surface area contributed by atoms with Crippen LogP contribution in [0.25, 0.3) is 0 Å². The average Bonchev–Trinajstić information content (AvgIpc) is 2.15. The Hall–Kier alpha value is -1.62. The Morgan fingerprint density at radius 2 is 2.08 bits per heavy atom. The highest BCUT2D eigenvalue weighted by atomic mass is 16.5. The molecule has 0 saturated heterocycles. The Morgan fingerprint density at radius 3 is 2.58 bits per heavy atom. The fourth-order valence-corrected chi connectivity index (χ4v) is 0.843. The van der Waals surface area contributed by atoms with Crippen LogP contribution in [0.15, 0.2) is 24.3 Å². The van der Waals surface area contributed by atoms with Gasteiger partial charge in [0.05, 0.1) is 0 Å². The van der Waals surface area contributed by atoms with Gasteiger partial charge in [-0.1, -0.05) is 5.92 Å². The Kier molecular flexibility index (Phi) is 3.04. The van der Waals surface area contributed by atoms with Crippen molar-refractivity contribution in [3.63, 3.8) is 0 Å². The fraction of sp³-hybridized carbons (Fsp3) is 0.200. The largest absolute Gasteiger partial charge is 0.481 e. The van der Waals surface area contributed by atoms with E-state index in [9.17, 15) is 0 Å². The highest BCUT2D eigenvalue weighted by Crippen LogP contribution is 2.14. The summed E-state index contributed by atoms with van der Waals surface area (Å²) >= 11 is 0. The molecule has 0 heterocycles. The number of hydrogen-bond donors (Lipinski definition) is 1. The zero-order valence-corrected chi connectivity index (χ0v) is 7.00. The van der Waals surface area contributed by atoms with Crippen molar-refractivity contribution in [2.45, 2.75) is 0 Å². The number of anilines is 1. The summed E-state index contributed by atoms with van der Waals surface area (Å²) in [5.41, 5.74) is 1.06. The monoisotopic (exact) mass is 161 g/mol. The number of hydrogen-bond acceptors (Lipinski definition) is 2. The van der Waals surface area contributed by atoms with Gasteiger partial charge >= 0.3 is 0 Å². The maximum absolute atomic E-state index is 5.19. The molecule has 0 atom stereocenters. The molecule has 0 radical (unpaired) electrons. The lowest BCUT2D eigenvalue weighted by Gasteiger charge is -2.03. The van der Waals surface area contributed by atoms with E-state index in [4.69, 9.17) is 11.2 Å². The van der Waals surface area contributed by atoms with Crippen molar-refractivity contribution >= 4 is 5.69 Å². The normalized spacial score (nSPS) is 8.67. The number of rotatable bonds is 3. The van der Waals surface area contributed by atoms with Gasteiger partial charge in [0, 0.05) is 12.7 Å². The second-order valence-corrected chi connectivity index (χ2v) is 2.27. The van der Waals surface area contributed by atoms with E-state index in [0.29, 0.717) is 6.61 Å². The summed E-state index contributed by atoms with van der Waals surface area (Å²) < 4.78 is 5.19. The standard InChI is InChI=1S/C10H11NO/c1-3-8-12-10-6-4-9(11-2)5-7-10/h1,4-7,11H,8H2,2H3. The quantitative estimate of drug-likeness (QED) is 0.682. The predicted octanol–water partition coefficient (Wildman–Crippen LogP) is 1.74. The molecule has 1 aromatic carbocycles. The molecule has 0 aromatic heterocycles. The molecule has 2 nitrogen and oxygen atoms in total. The summed E-state index contributed by atoms with van der Waals surface area (Å²) in [6.07, 6.45) is 5.05. The first-order valence-corrected chi connectivity index (χ1v) is 3.71. The van der Waals surface area contributed by atoms with Gasteiger partial charge in [0.25, 0.3) is 0 Å². The predicted molar refractivity (Wildman–Crippen MR) is 50.3 cm³/mol. The van der Waals surface area contributed by atoms with Gasteiger partial charge in [0.1, 0.15) is 12.4 Å². The van der Waals surface area contributed by atoms with Gasteiger partial charge in [-0.2, -0.15) is 0 Å². The van der Waals surface area contributed by atoms with E-state index in [2.05, 4.69) is 11.2 Å². The van der Waals surface area contributed by atoms with E-state index in [1.54, 1.807) is 0 Å². The van der Waals surface area contributed by atoms with Crippen molar-refractivity contribution in [1.82, 2.24) is 0 Å². The second-order valence-electron chi connectivity index (χ2n) is 2.27. The molecule has 1 rings (SSSR count). The van der Waals surface area contributed by atoms with Gasteiger partial charge in [-0.15, -0.1) is 6.42 Å². The number of terminal acetylenes is 1. The molecular weight excluding hydrogens is 150 g/mol. The van der Waals surface area contributed by atoms with Crippen molar-refractivity contribution in [1.29, 1.82) is 0 Å². The Balaban J connectivity index is 2.60. The van der Waals surface area contributed by atoms with Crippen molar-refractivity contribution < 1.29 is 4.74 Å². The Labute approximate surface area is 72.6 Å². The van der Waals surface area contributed by atoms with Gasteiger partial charge in [0.2, 0.25) is 0 Å². The van der Waals surface area contributed by atoms with Crippen LogP contribution in [0, 0.1) is 12.3 Å². The molecule has 1 N–H and O–H groups in total. The smallest absolute Gasteiger partial charge is 0.148 e. The third-order valence-corrected chi connectivity index (χ3v) is 1.47. The molecule has 62 valence electrons. The lowest BCUT2D eigenvalue weighted by molar-refractivity contribution is 0.370. The van der Waals surface area contributed by atoms with Gasteiger partial charge < -0.3 is 10.1 Å². The van der Waals surface area contributed by atoms with Crippen LogP contribution < -0.4 is 10.1 Å². The minimum Gasteiger partial charge on any atom is -0.481 e. The van der Waals surface area contributed by atoms with Crippen molar-refractivity contribution in [3.05, 3.63) is 24.3 Å². The first kappa shape index (κ1) is 8.48. The van der Waals surface area contributed by atoms with Gasteiger partial charge in [0.15, 0.2) is 0 Å². The molecule has 0 fully saturated rings. The average molecular weight is 161 g/mol. The molecule has 0 unspecified atom stereocenters. The first-order valence-electron chi connectivity index (χ1n) is 3.71. The molecular formula is C10H11NO. The topological polar surface area (TPSA) is 21.3 Å². The number of benzene rings is 1. The maximum atomic E-state index is 5.19. The zero-order valence-electron chi connectivity index (χ0n) is 7.00. The Morgan fingerprint density at radius 1 is 1.42 bits per heavy atom. The van der Waals surface area contributed by atoms with Crippen LogP contribution in [0.2, 0.25) is 0 Å². The molecule has 0 bridgehead atoms. The SMILES string of the molecule is C#CCOc1ccc(NC)cc1. The maximum Gasteiger partial charge on any atom is 0.148 e. The minimum atomic E-state index is 0.318. The molecule has 2 heteroatoms. The molecule has 0 aliphatic heterocycles. The molecule has 1 aromatic rings. The lowest BCUT2D eigenvalue weighted by Crippen LogP contribution is -1.93. The van der Waals surface area contributed by atoms with E-state index < -0.39 is 0 Å². The minimum absolute atomic E-state index is 0.318. The van der Waals surface area contributed by atoms with Crippen LogP contribution in [0.1, 0.15) is 0 Å². The molecule has 0 spiro atoms. The van der Waals surface area contributed by atoms with Crippen LogP contribution >= 0.6 is 0 Å².